The Morgan fingerprint density at radius 2 is 1.92 bits per heavy atom. The summed E-state index contributed by atoms with van der Waals surface area (Å²) in [6.45, 7) is 0. The van der Waals surface area contributed by atoms with Crippen LogP contribution in [0.4, 0.5) is 5.69 Å². The van der Waals surface area contributed by atoms with Gasteiger partial charge in [0, 0.05) is 23.2 Å². The Bertz CT molecular complexity index is 272. The smallest absolute Gasteiger partial charge is 0.235 e. The average molecular weight is 183 g/mol. The van der Waals surface area contributed by atoms with Crippen LogP contribution in [-0.4, -0.2) is 5.12 Å². The molecule has 0 unspecified atom stereocenters. The Hall–Kier alpha value is -1.04. The van der Waals surface area contributed by atoms with Gasteiger partial charge in [-0.2, -0.15) is 4.83 Å². The minimum Gasteiger partial charge on any atom is -0.399 e. The van der Waals surface area contributed by atoms with E-state index in [-0.39, 0.29) is 5.12 Å². The molecule has 0 heterocycles. The van der Waals surface area contributed by atoms with E-state index in [2.05, 4.69) is 4.83 Å². The number of hydrazine groups is 1. The Labute approximate surface area is 74.4 Å². The normalized spacial score (nSPS) is 9.75. The van der Waals surface area contributed by atoms with Gasteiger partial charge in [0.05, 0.1) is 0 Å². The van der Waals surface area contributed by atoms with E-state index >= 15 is 0 Å². The summed E-state index contributed by atoms with van der Waals surface area (Å²) >= 11 is 0.838. The van der Waals surface area contributed by atoms with E-state index in [1.807, 2.05) is 0 Å². The zero-order valence-electron chi connectivity index (χ0n) is 6.28. The van der Waals surface area contributed by atoms with E-state index < -0.39 is 0 Å². The minimum absolute atomic E-state index is 0.127. The number of benzene rings is 1. The molecule has 12 heavy (non-hydrogen) atoms. The third-order valence-corrected chi connectivity index (χ3v) is 1.84. The molecule has 5 heteroatoms. The second-order valence-electron chi connectivity index (χ2n) is 2.13. The topological polar surface area (TPSA) is 81.1 Å². The second-order valence-corrected chi connectivity index (χ2v) is 2.94. The van der Waals surface area contributed by atoms with Gasteiger partial charge in [-0.05, 0) is 24.3 Å². The number of rotatable bonds is 2. The van der Waals surface area contributed by atoms with E-state index in [4.69, 9.17) is 11.6 Å². The Balaban J connectivity index is 2.75. The van der Waals surface area contributed by atoms with Gasteiger partial charge in [0.1, 0.15) is 0 Å². The summed E-state index contributed by atoms with van der Waals surface area (Å²) < 4.78 is 0. The predicted molar refractivity (Wildman–Crippen MR) is 50.1 cm³/mol. The molecule has 0 aliphatic rings. The lowest BCUT2D eigenvalue weighted by molar-refractivity contribution is 0.108. The van der Waals surface area contributed by atoms with Gasteiger partial charge in [0.15, 0.2) is 0 Å². The number of hydrogen-bond donors (Lipinski definition) is 3. The molecule has 0 aromatic heterocycles. The van der Waals surface area contributed by atoms with Gasteiger partial charge in [-0.1, -0.05) is 0 Å². The van der Waals surface area contributed by atoms with Crippen LogP contribution in [0.3, 0.4) is 0 Å². The number of carbonyl (C=O) groups is 1. The summed E-state index contributed by atoms with van der Waals surface area (Å²) in [5.41, 5.74) is 6.65. The van der Waals surface area contributed by atoms with Crippen molar-refractivity contribution in [2.75, 3.05) is 5.73 Å². The first-order chi connectivity index (χ1) is 5.74. The molecule has 4 nitrogen and oxygen atoms in total. The van der Waals surface area contributed by atoms with E-state index in [1.54, 1.807) is 24.3 Å². The van der Waals surface area contributed by atoms with Crippen LogP contribution >= 0.6 is 11.9 Å². The highest BCUT2D eigenvalue weighted by atomic mass is 32.2. The van der Waals surface area contributed by atoms with Crippen LogP contribution < -0.4 is 16.4 Å². The molecule has 0 atom stereocenters. The Morgan fingerprint density at radius 3 is 2.42 bits per heavy atom. The largest absolute Gasteiger partial charge is 0.399 e. The summed E-state index contributed by atoms with van der Waals surface area (Å²) in [5.74, 6) is 4.96. The van der Waals surface area contributed by atoms with Crippen molar-refractivity contribution in [1.29, 1.82) is 0 Å². The van der Waals surface area contributed by atoms with Gasteiger partial charge >= 0.3 is 0 Å². The molecule has 0 spiro atoms. The number of nitrogen functional groups attached to an aromatic ring is 1. The highest BCUT2D eigenvalue weighted by Crippen LogP contribution is 2.10. The van der Waals surface area contributed by atoms with Crippen LogP contribution in [-0.2, 0) is 0 Å². The summed E-state index contributed by atoms with van der Waals surface area (Å²) in [6.07, 6.45) is 0. The molecule has 1 aromatic carbocycles. The molecule has 5 N–H and O–H groups in total. The average Bonchev–Trinajstić information content (AvgIpc) is 2.06. The van der Waals surface area contributed by atoms with E-state index in [1.165, 1.54) is 0 Å². The molecule has 0 radical (unpaired) electrons. The molecule has 64 valence electrons. The van der Waals surface area contributed by atoms with Crippen LogP contribution in [0.5, 0.6) is 0 Å². The van der Waals surface area contributed by atoms with Crippen molar-refractivity contribution in [3.05, 3.63) is 29.8 Å². The van der Waals surface area contributed by atoms with Crippen molar-refractivity contribution in [1.82, 2.24) is 4.83 Å². The maximum Gasteiger partial charge on any atom is 0.235 e. The molecule has 0 aliphatic heterocycles. The lowest BCUT2D eigenvalue weighted by atomic mass is 10.2. The van der Waals surface area contributed by atoms with Gasteiger partial charge in [0.25, 0.3) is 0 Å². The number of nitrogens with one attached hydrogen (secondary N) is 1. The van der Waals surface area contributed by atoms with Gasteiger partial charge in [-0.3, -0.25) is 10.6 Å². The molecule has 0 aliphatic carbocycles. The number of carbonyl (C=O) groups excluding carboxylic acids is 1. The van der Waals surface area contributed by atoms with Crippen LogP contribution in [0, 0.1) is 0 Å². The number of nitrogens with two attached hydrogens (primary N) is 2. The van der Waals surface area contributed by atoms with Gasteiger partial charge in [0.2, 0.25) is 5.12 Å². The fourth-order valence-electron chi connectivity index (χ4n) is 0.732. The van der Waals surface area contributed by atoms with Crippen molar-refractivity contribution in [2.45, 2.75) is 0 Å². The summed E-state index contributed by atoms with van der Waals surface area (Å²) in [4.78, 5) is 13.4. The lowest BCUT2D eigenvalue weighted by Crippen LogP contribution is -2.15. The van der Waals surface area contributed by atoms with E-state index in [0.29, 0.717) is 11.3 Å². The molecule has 0 saturated heterocycles. The number of hydrogen-bond acceptors (Lipinski definition) is 5. The highest BCUT2D eigenvalue weighted by Gasteiger charge is 2.03. The molecule has 1 aromatic rings. The standard InChI is InChI=1S/C7H9N3OS/c8-6-3-1-5(2-4-6)7(11)12-10-9/h1-4,10H,8-9H2. The molecule has 0 amide bonds. The van der Waals surface area contributed by atoms with E-state index in [0.717, 1.165) is 11.9 Å². The zero-order chi connectivity index (χ0) is 8.97. The van der Waals surface area contributed by atoms with Gasteiger partial charge < -0.3 is 5.73 Å². The first-order valence-electron chi connectivity index (χ1n) is 3.26. The third kappa shape index (κ3) is 2.23. The molecule has 0 saturated carbocycles. The summed E-state index contributed by atoms with van der Waals surface area (Å²) in [5, 5.41) is -0.127. The minimum atomic E-state index is -0.127. The van der Waals surface area contributed by atoms with E-state index in [9.17, 15) is 4.79 Å². The van der Waals surface area contributed by atoms with Crippen molar-refractivity contribution in [3.63, 3.8) is 0 Å². The monoisotopic (exact) mass is 183 g/mol. The fraction of sp³-hybridized carbons (Fsp3) is 0. The van der Waals surface area contributed by atoms with Gasteiger partial charge in [-0.15, -0.1) is 0 Å². The van der Waals surface area contributed by atoms with Crippen LogP contribution in [0.15, 0.2) is 24.3 Å². The van der Waals surface area contributed by atoms with Crippen molar-refractivity contribution >= 4 is 22.8 Å². The first kappa shape index (κ1) is 9.05. The fourth-order valence-corrected chi connectivity index (χ4v) is 1.09. The predicted octanol–water partition coefficient (Wildman–Crippen LogP) is 0.520. The maximum atomic E-state index is 11.1. The third-order valence-electron chi connectivity index (χ3n) is 1.30. The van der Waals surface area contributed by atoms with Crippen LogP contribution in [0.25, 0.3) is 0 Å². The van der Waals surface area contributed by atoms with Crippen molar-refractivity contribution in [3.8, 4) is 0 Å². The first-order valence-corrected chi connectivity index (χ1v) is 4.08. The molecular formula is C7H9N3OS. The summed E-state index contributed by atoms with van der Waals surface area (Å²) in [6, 6.07) is 6.65. The lowest BCUT2D eigenvalue weighted by Gasteiger charge is -1.98. The molecule has 0 bridgehead atoms. The molecular weight excluding hydrogens is 174 g/mol. The zero-order valence-corrected chi connectivity index (χ0v) is 7.10. The quantitative estimate of drug-likeness (QED) is 0.269. The Kier molecular flexibility index (Phi) is 3.09. The Morgan fingerprint density at radius 1 is 1.33 bits per heavy atom. The van der Waals surface area contributed by atoms with Crippen LogP contribution in [0.2, 0.25) is 0 Å². The van der Waals surface area contributed by atoms with Crippen LogP contribution in [0.1, 0.15) is 10.4 Å². The van der Waals surface area contributed by atoms with Crippen molar-refractivity contribution < 1.29 is 4.79 Å². The van der Waals surface area contributed by atoms with Crippen molar-refractivity contribution in [2.24, 2.45) is 5.84 Å². The van der Waals surface area contributed by atoms with Gasteiger partial charge in [-0.25, -0.2) is 0 Å². The molecule has 0 fully saturated rings. The number of anilines is 1. The SMILES string of the molecule is NNSC(=O)c1ccc(N)cc1. The maximum absolute atomic E-state index is 11.1. The highest BCUT2D eigenvalue weighted by molar-refractivity contribution is 8.12. The molecule has 1 rings (SSSR count). The second kappa shape index (κ2) is 4.10. The summed E-state index contributed by atoms with van der Waals surface area (Å²) in [7, 11) is 0.